The Morgan fingerprint density at radius 1 is 1.08 bits per heavy atom. The van der Waals surface area contributed by atoms with Gasteiger partial charge in [-0.25, -0.2) is 18.3 Å². The first kappa shape index (κ1) is 25.7. The molecule has 0 aliphatic rings. The Kier molecular flexibility index (Phi) is 7.44. The predicted molar refractivity (Wildman–Crippen MR) is 135 cm³/mol. The lowest BCUT2D eigenvalue weighted by molar-refractivity contribution is 0.0904. The van der Waals surface area contributed by atoms with E-state index in [2.05, 4.69) is 26.0 Å². The summed E-state index contributed by atoms with van der Waals surface area (Å²) in [5, 5.41) is 13.1. The second-order valence-electron chi connectivity index (χ2n) is 8.64. The van der Waals surface area contributed by atoms with Crippen LogP contribution < -0.4 is 16.0 Å². The number of nitrogens with one attached hydrogen (secondary N) is 3. The third-order valence-electron chi connectivity index (χ3n) is 5.80. The molecule has 9 nitrogen and oxygen atoms in total. The fraction of sp³-hybridized carbons (Fsp3) is 0.231. The summed E-state index contributed by atoms with van der Waals surface area (Å²) < 4.78 is 33.4. The Labute approximate surface area is 211 Å². The van der Waals surface area contributed by atoms with Gasteiger partial charge in [0.2, 0.25) is 0 Å². The van der Waals surface area contributed by atoms with Crippen molar-refractivity contribution in [1.29, 1.82) is 0 Å². The molecule has 0 aliphatic carbocycles. The van der Waals surface area contributed by atoms with Crippen LogP contribution in [0.3, 0.4) is 0 Å². The van der Waals surface area contributed by atoms with Crippen LogP contribution >= 0.6 is 0 Å². The van der Waals surface area contributed by atoms with Crippen molar-refractivity contribution in [2.45, 2.75) is 26.8 Å². The van der Waals surface area contributed by atoms with E-state index < -0.39 is 17.5 Å². The highest BCUT2D eigenvalue weighted by atomic mass is 19.2. The van der Waals surface area contributed by atoms with Gasteiger partial charge in [-0.1, -0.05) is 6.07 Å². The Morgan fingerprint density at radius 2 is 1.86 bits per heavy atom. The number of anilines is 3. The molecule has 192 valence electrons. The number of benzene rings is 2. The van der Waals surface area contributed by atoms with Crippen molar-refractivity contribution in [3.05, 3.63) is 82.8 Å². The molecule has 0 radical (unpaired) electrons. The number of carbonyl (C=O) groups excluding carboxylic acids is 2. The van der Waals surface area contributed by atoms with E-state index in [9.17, 15) is 18.4 Å². The van der Waals surface area contributed by atoms with Gasteiger partial charge in [0.15, 0.2) is 17.5 Å². The lowest BCUT2D eigenvalue weighted by Gasteiger charge is -2.13. The molecule has 1 atom stereocenters. The number of hydrogen-bond donors (Lipinski definition) is 3. The number of aryl methyl sites for hydroxylation is 2. The van der Waals surface area contributed by atoms with Crippen molar-refractivity contribution in [3.63, 3.8) is 0 Å². The quantitative estimate of drug-likeness (QED) is 0.326. The van der Waals surface area contributed by atoms with E-state index in [1.165, 1.54) is 12.4 Å². The monoisotopic (exact) mass is 508 g/mol. The zero-order valence-corrected chi connectivity index (χ0v) is 20.7. The Bertz CT molecular complexity index is 1490. The molecule has 0 fully saturated rings. The molecule has 2 amide bonds. The Morgan fingerprint density at radius 3 is 2.59 bits per heavy atom. The molecule has 0 saturated carbocycles. The van der Waals surface area contributed by atoms with Gasteiger partial charge in [0.05, 0.1) is 12.2 Å². The largest absolute Gasteiger partial charge is 0.383 e. The first-order valence-corrected chi connectivity index (χ1v) is 11.4. The molecule has 0 saturated heterocycles. The molecular weight excluding hydrogens is 482 g/mol. The summed E-state index contributed by atoms with van der Waals surface area (Å²) in [4.78, 5) is 29.7. The van der Waals surface area contributed by atoms with E-state index >= 15 is 0 Å². The summed E-state index contributed by atoms with van der Waals surface area (Å²) >= 11 is 0. The molecule has 0 bridgehead atoms. The average molecular weight is 509 g/mol. The number of amides is 2. The third-order valence-corrected chi connectivity index (χ3v) is 5.80. The van der Waals surface area contributed by atoms with Crippen LogP contribution in [0.1, 0.15) is 38.8 Å². The van der Waals surface area contributed by atoms with Crippen molar-refractivity contribution < 1.29 is 23.1 Å². The summed E-state index contributed by atoms with van der Waals surface area (Å²) in [5.74, 6) is -2.50. The summed E-state index contributed by atoms with van der Waals surface area (Å²) in [6.07, 6.45) is 3.01. The fourth-order valence-electron chi connectivity index (χ4n) is 3.88. The lowest BCUT2D eigenvalue weighted by Crippen LogP contribution is -2.35. The topological polar surface area (TPSA) is 110 Å². The predicted octanol–water partition coefficient (Wildman–Crippen LogP) is 4.38. The number of carbonyl (C=O) groups is 2. The Balaban J connectivity index is 1.60. The van der Waals surface area contributed by atoms with E-state index in [0.29, 0.717) is 40.4 Å². The lowest BCUT2D eigenvalue weighted by atomic mass is 10.1. The summed E-state index contributed by atoms with van der Waals surface area (Å²) in [6, 6.07) is 7.97. The van der Waals surface area contributed by atoms with Crippen molar-refractivity contribution in [3.8, 4) is 0 Å². The minimum Gasteiger partial charge on any atom is -0.383 e. The van der Waals surface area contributed by atoms with Crippen LogP contribution in [0.4, 0.5) is 26.0 Å². The molecule has 0 aliphatic heterocycles. The maximum atomic E-state index is 13.5. The first-order valence-electron chi connectivity index (χ1n) is 11.4. The zero-order valence-electron chi connectivity index (χ0n) is 20.7. The van der Waals surface area contributed by atoms with Crippen molar-refractivity contribution >= 4 is 34.5 Å². The minimum atomic E-state index is -1.10. The van der Waals surface area contributed by atoms with Crippen molar-refractivity contribution in [1.82, 2.24) is 19.9 Å². The van der Waals surface area contributed by atoms with Crippen molar-refractivity contribution in [2.24, 2.45) is 0 Å². The van der Waals surface area contributed by atoms with E-state index in [-0.39, 0.29) is 17.5 Å². The van der Waals surface area contributed by atoms with Crippen LogP contribution in [0.25, 0.3) is 5.52 Å². The molecule has 4 aromatic rings. The smallest absolute Gasteiger partial charge is 0.255 e. The van der Waals surface area contributed by atoms with E-state index in [0.717, 1.165) is 17.7 Å². The highest BCUT2D eigenvalue weighted by Crippen LogP contribution is 2.28. The molecular formula is C26H26F2N6O3. The maximum Gasteiger partial charge on any atom is 0.255 e. The van der Waals surface area contributed by atoms with Gasteiger partial charge in [0.25, 0.3) is 11.8 Å². The Hall–Kier alpha value is -4.38. The standard InChI is InChI=1S/C26H26F2N6O3/c1-14-5-7-18(32-25(35)17-6-8-20(27)21(28)9-17)10-22(14)33-24-23-16(3)19(11-34(23)30-13-29-24)26(36)31-15(2)12-37-4/h5-11,13,15H,12H2,1-4H3,(H,31,36)(H,32,35)(H,29,30,33)/t15-/m0/s1. The molecule has 11 heteroatoms. The number of halogens is 2. The summed E-state index contributed by atoms with van der Waals surface area (Å²) in [5.41, 5.74) is 3.68. The third kappa shape index (κ3) is 5.56. The minimum absolute atomic E-state index is 0.0130. The number of hydrogen-bond acceptors (Lipinski definition) is 6. The van der Waals surface area contributed by atoms with Gasteiger partial charge in [-0.3, -0.25) is 9.59 Å². The number of aromatic nitrogens is 3. The molecule has 2 heterocycles. The molecule has 3 N–H and O–H groups in total. The van der Waals surface area contributed by atoms with Crippen LogP contribution in [0.2, 0.25) is 0 Å². The average Bonchev–Trinajstić information content (AvgIpc) is 3.20. The molecule has 0 spiro atoms. The highest BCUT2D eigenvalue weighted by Gasteiger charge is 2.20. The van der Waals surface area contributed by atoms with Crippen LogP contribution in [0.15, 0.2) is 48.9 Å². The van der Waals surface area contributed by atoms with Crippen LogP contribution in [-0.2, 0) is 4.74 Å². The van der Waals surface area contributed by atoms with Crippen LogP contribution in [0.5, 0.6) is 0 Å². The molecule has 2 aromatic heterocycles. The number of rotatable bonds is 8. The maximum absolute atomic E-state index is 13.5. The van der Waals surface area contributed by atoms with E-state index in [1.54, 1.807) is 36.0 Å². The number of ether oxygens (including phenoxy) is 1. The molecule has 37 heavy (non-hydrogen) atoms. The van der Waals surface area contributed by atoms with Gasteiger partial charge in [0, 0.05) is 36.3 Å². The van der Waals surface area contributed by atoms with Crippen molar-refractivity contribution in [2.75, 3.05) is 24.4 Å². The SMILES string of the molecule is COC[C@H](C)NC(=O)c1cn2ncnc(Nc3cc(NC(=O)c4ccc(F)c(F)c4)ccc3C)c2c1C. The number of methoxy groups -OCH3 is 1. The normalized spacial score (nSPS) is 11.8. The summed E-state index contributed by atoms with van der Waals surface area (Å²) in [7, 11) is 1.57. The van der Waals surface area contributed by atoms with Gasteiger partial charge in [-0.05, 0) is 62.2 Å². The van der Waals surface area contributed by atoms with E-state index in [4.69, 9.17) is 4.74 Å². The first-order chi connectivity index (χ1) is 17.7. The highest BCUT2D eigenvalue weighted by molar-refractivity contribution is 6.04. The van der Waals surface area contributed by atoms with Gasteiger partial charge in [-0.2, -0.15) is 5.10 Å². The second kappa shape index (κ2) is 10.7. The number of fused-ring (bicyclic) bond motifs is 1. The molecule has 0 unspecified atom stereocenters. The van der Waals surface area contributed by atoms with Crippen LogP contribution in [0, 0.1) is 25.5 Å². The summed E-state index contributed by atoms with van der Waals surface area (Å²) in [6.45, 7) is 5.92. The van der Waals surface area contributed by atoms with Gasteiger partial charge in [0.1, 0.15) is 11.8 Å². The molecule has 4 rings (SSSR count). The van der Waals surface area contributed by atoms with Gasteiger partial charge >= 0.3 is 0 Å². The van der Waals surface area contributed by atoms with Gasteiger partial charge in [-0.15, -0.1) is 0 Å². The fourth-order valence-corrected chi connectivity index (χ4v) is 3.88. The van der Waals surface area contributed by atoms with Crippen LogP contribution in [-0.4, -0.2) is 46.2 Å². The second-order valence-corrected chi connectivity index (χ2v) is 8.64. The zero-order chi connectivity index (χ0) is 26.7. The molecule has 2 aromatic carbocycles. The van der Waals surface area contributed by atoms with E-state index in [1.807, 2.05) is 20.8 Å². The number of nitrogens with zero attached hydrogens (tertiary/aromatic N) is 3. The van der Waals surface area contributed by atoms with Gasteiger partial charge < -0.3 is 20.7 Å².